The van der Waals surface area contributed by atoms with Crippen LogP contribution in [0.15, 0.2) is 47.6 Å². The van der Waals surface area contributed by atoms with E-state index < -0.39 is 21.9 Å². The average Bonchev–Trinajstić information content (AvgIpc) is 2.46. The van der Waals surface area contributed by atoms with Crippen molar-refractivity contribution in [3.63, 3.8) is 0 Å². The van der Waals surface area contributed by atoms with Crippen molar-refractivity contribution in [2.24, 2.45) is 0 Å². The summed E-state index contributed by atoms with van der Waals surface area (Å²) in [6.07, 6.45) is 2.03. The van der Waals surface area contributed by atoms with Gasteiger partial charge < -0.3 is 5.11 Å². The molecule has 0 radical (unpaired) electrons. The predicted molar refractivity (Wildman–Crippen MR) is 75.7 cm³/mol. The minimum absolute atomic E-state index is 0.00409. The molecule has 1 heterocycles. The molecule has 2 rings (SSSR count). The Morgan fingerprint density at radius 1 is 1.29 bits per heavy atom. The number of hydrogen-bond donors (Lipinski definition) is 1. The molecule has 0 saturated carbocycles. The van der Waals surface area contributed by atoms with Crippen molar-refractivity contribution in [2.75, 3.05) is 7.05 Å². The van der Waals surface area contributed by atoms with Crippen LogP contribution in [0, 0.1) is 5.82 Å². The maximum Gasteiger partial charge on any atom is 0.245 e. The molecule has 0 aliphatic heterocycles. The van der Waals surface area contributed by atoms with Gasteiger partial charge in [-0.2, -0.15) is 4.31 Å². The number of aromatic nitrogens is 1. The largest absolute Gasteiger partial charge is 0.508 e. The molecule has 0 fully saturated rings. The molecule has 0 aliphatic carbocycles. The fraction of sp³-hybridized carbons (Fsp3) is 0.214. The zero-order valence-corrected chi connectivity index (χ0v) is 12.4. The van der Waals surface area contributed by atoms with E-state index in [0.29, 0.717) is 5.56 Å². The lowest BCUT2D eigenvalue weighted by molar-refractivity contribution is 0.380. The number of rotatable bonds is 4. The Kier molecular flexibility index (Phi) is 4.24. The number of halogens is 1. The first-order valence-corrected chi connectivity index (χ1v) is 7.64. The Morgan fingerprint density at radius 2 is 1.95 bits per heavy atom. The third-order valence-electron chi connectivity index (χ3n) is 3.29. The first-order valence-electron chi connectivity index (χ1n) is 6.20. The zero-order valence-electron chi connectivity index (χ0n) is 11.6. The van der Waals surface area contributed by atoms with Gasteiger partial charge in [0.1, 0.15) is 16.5 Å². The molecule has 5 nitrogen and oxygen atoms in total. The van der Waals surface area contributed by atoms with Crippen molar-refractivity contribution in [1.82, 2.24) is 9.29 Å². The van der Waals surface area contributed by atoms with E-state index in [1.54, 1.807) is 25.1 Å². The number of phenolic OH excluding ortho intramolecular Hbond substituents is 1. The molecule has 2 aromatic rings. The molecular formula is C14H15FN2O3S. The summed E-state index contributed by atoms with van der Waals surface area (Å²) >= 11 is 0. The van der Waals surface area contributed by atoms with Gasteiger partial charge in [0.2, 0.25) is 10.0 Å². The highest BCUT2D eigenvalue weighted by molar-refractivity contribution is 7.89. The van der Waals surface area contributed by atoms with Crippen LogP contribution in [0.3, 0.4) is 0 Å². The molecule has 1 unspecified atom stereocenters. The molecule has 21 heavy (non-hydrogen) atoms. The van der Waals surface area contributed by atoms with E-state index >= 15 is 0 Å². The lowest BCUT2D eigenvalue weighted by atomic mass is 10.1. The average molecular weight is 310 g/mol. The minimum atomic E-state index is -3.91. The van der Waals surface area contributed by atoms with E-state index in [2.05, 4.69) is 4.98 Å². The SMILES string of the molecule is CC(c1ccccc1O)N(C)S(=O)(=O)c1cncc(F)c1. The molecule has 112 valence electrons. The van der Waals surface area contributed by atoms with Crippen LogP contribution in [-0.4, -0.2) is 29.9 Å². The van der Waals surface area contributed by atoms with Crippen molar-refractivity contribution in [2.45, 2.75) is 17.9 Å². The van der Waals surface area contributed by atoms with Gasteiger partial charge in [0, 0.05) is 18.8 Å². The van der Waals surface area contributed by atoms with E-state index in [0.717, 1.165) is 22.8 Å². The number of nitrogens with zero attached hydrogens (tertiary/aromatic N) is 2. The molecule has 1 aromatic carbocycles. The van der Waals surface area contributed by atoms with Crippen LogP contribution in [0.5, 0.6) is 5.75 Å². The van der Waals surface area contributed by atoms with Gasteiger partial charge in [-0.25, -0.2) is 12.8 Å². The van der Waals surface area contributed by atoms with E-state index in [-0.39, 0.29) is 10.6 Å². The van der Waals surface area contributed by atoms with E-state index in [1.165, 1.54) is 13.1 Å². The van der Waals surface area contributed by atoms with Crippen LogP contribution < -0.4 is 0 Å². The lowest BCUT2D eigenvalue weighted by Gasteiger charge is -2.25. The highest BCUT2D eigenvalue weighted by Gasteiger charge is 2.28. The lowest BCUT2D eigenvalue weighted by Crippen LogP contribution is -2.30. The molecule has 0 saturated heterocycles. The molecular weight excluding hydrogens is 295 g/mol. The number of para-hydroxylation sites is 1. The summed E-state index contributed by atoms with van der Waals surface area (Å²) in [4.78, 5) is 3.32. The summed E-state index contributed by atoms with van der Waals surface area (Å²) in [5, 5.41) is 9.82. The Hall–Kier alpha value is -1.99. The molecule has 7 heteroatoms. The first-order chi connectivity index (χ1) is 9.84. The molecule has 1 aromatic heterocycles. The summed E-state index contributed by atoms with van der Waals surface area (Å²) in [5.74, 6) is -0.718. The Labute approximate surface area is 122 Å². The standard InChI is InChI=1S/C14H15FN2O3S/c1-10(13-5-3-4-6-14(13)18)17(2)21(19,20)12-7-11(15)8-16-9-12/h3-10,18H,1-2H3. The van der Waals surface area contributed by atoms with Gasteiger partial charge in [0.05, 0.1) is 12.2 Å². The second kappa shape index (κ2) is 5.79. The van der Waals surface area contributed by atoms with Crippen LogP contribution in [-0.2, 0) is 10.0 Å². The number of hydrogen-bond acceptors (Lipinski definition) is 4. The fourth-order valence-electron chi connectivity index (χ4n) is 1.94. The monoisotopic (exact) mass is 310 g/mol. The predicted octanol–water partition coefficient (Wildman–Crippen LogP) is 2.31. The Balaban J connectivity index is 2.39. The van der Waals surface area contributed by atoms with Crippen molar-refractivity contribution in [3.8, 4) is 5.75 Å². The second-order valence-corrected chi connectivity index (χ2v) is 6.59. The van der Waals surface area contributed by atoms with E-state index in [9.17, 15) is 17.9 Å². The maximum atomic E-state index is 13.2. The molecule has 0 amide bonds. The van der Waals surface area contributed by atoms with Crippen LogP contribution >= 0.6 is 0 Å². The van der Waals surface area contributed by atoms with Gasteiger partial charge in [-0.05, 0) is 19.1 Å². The van der Waals surface area contributed by atoms with E-state index in [4.69, 9.17) is 0 Å². The van der Waals surface area contributed by atoms with Crippen molar-refractivity contribution < 1.29 is 17.9 Å². The van der Waals surface area contributed by atoms with Crippen molar-refractivity contribution in [3.05, 3.63) is 54.1 Å². The number of sulfonamides is 1. The van der Waals surface area contributed by atoms with Gasteiger partial charge in [-0.3, -0.25) is 4.98 Å². The summed E-state index contributed by atoms with van der Waals surface area (Å²) in [6.45, 7) is 1.64. The van der Waals surface area contributed by atoms with Gasteiger partial charge in [0.15, 0.2) is 0 Å². The van der Waals surface area contributed by atoms with E-state index in [1.807, 2.05) is 0 Å². The van der Waals surface area contributed by atoms with Crippen LogP contribution in [0.2, 0.25) is 0 Å². The Bertz CT molecular complexity index is 749. The highest BCUT2D eigenvalue weighted by Crippen LogP contribution is 2.30. The topological polar surface area (TPSA) is 70.5 Å². The second-order valence-electron chi connectivity index (χ2n) is 4.59. The smallest absolute Gasteiger partial charge is 0.245 e. The van der Waals surface area contributed by atoms with Crippen molar-refractivity contribution >= 4 is 10.0 Å². The molecule has 1 atom stereocenters. The fourth-order valence-corrected chi connectivity index (χ4v) is 3.26. The normalized spacial score (nSPS) is 13.3. The quantitative estimate of drug-likeness (QED) is 0.940. The molecule has 1 N–H and O–H groups in total. The third-order valence-corrected chi connectivity index (χ3v) is 5.18. The molecule has 0 spiro atoms. The highest BCUT2D eigenvalue weighted by atomic mass is 32.2. The van der Waals surface area contributed by atoms with Crippen LogP contribution in [0.25, 0.3) is 0 Å². The number of aromatic hydroxyl groups is 1. The van der Waals surface area contributed by atoms with Crippen LogP contribution in [0.4, 0.5) is 4.39 Å². The minimum Gasteiger partial charge on any atom is -0.508 e. The summed E-state index contributed by atoms with van der Waals surface area (Å²) in [6, 6.07) is 6.77. The van der Waals surface area contributed by atoms with Gasteiger partial charge in [-0.15, -0.1) is 0 Å². The third kappa shape index (κ3) is 3.03. The number of benzene rings is 1. The van der Waals surface area contributed by atoms with Gasteiger partial charge >= 0.3 is 0 Å². The van der Waals surface area contributed by atoms with Crippen molar-refractivity contribution in [1.29, 1.82) is 0 Å². The number of phenols is 1. The molecule has 0 bridgehead atoms. The zero-order chi connectivity index (χ0) is 15.6. The first kappa shape index (κ1) is 15.4. The maximum absolute atomic E-state index is 13.2. The summed E-state index contributed by atoms with van der Waals surface area (Å²) in [7, 11) is -2.53. The van der Waals surface area contributed by atoms with Crippen LogP contribution in [0.1, 0.15) is 18.5 Å². The summed E-state index contributed by atoms with van der Waals surface area (Å²) in [5.41, 5.74) is 0.466. The molecule has 0 aliphatic rings. The summed E-state index contributed by atoms with van der Waals surface area (Å²) < 4.78 is 39.1. The Morgan fingerprint density at radius 3 is 2.57 bits per heavy atom. The van der Waals surface area contributed by atoms with Gasteiger partial charge in [0.25, 0.3) is 0 Å². The number of pyridine rings is 1. The van der Waals surface area contributed by atoms with Gasteiger partial charge in [-0.1, -0.05) is 18.2 Å².